The van der Waals surface area contributed by atoms with Crippen LogP contribution in [-0.4, -0.2) is 57.6 Å². The number of benzene rings is 2. The lowest BCUT2D eigenvalue weighted by Crippen LogP contribution is -2.55. The van der Waals surface area contributed by atoms with Crippen molar-refractivity contribution in [2.45, 2.75) is 62.4 Å². The molecule has 0 aliphatic carbocycles. The molecule has 1 aliphatic heterocycles. The van der Waals surface area contributed by atoms with Crippen molar-refractivity contribution in [3.63, 3.8) is 0 Å². The minimum absolute atomic E-state index is 0.118. The van der Waals surface area contributed by atoms with Gasteiger partial charge >= 0.3 is 6.18 Å². The molecule has 0 unspecified atom stereocenters. The van der Waals surface area contributed by atoms with Gasteiger partial charge in [0, 0.05) is 10.9 Å². The third kappa shape index (κ3) is 5.44. The normalized spacial score (nSPS) is 27.3. The van der Waals surface area contributed by atoms with Crippen LogP contribution in [0, 0.1) is 0 Å². The van der Waals surface area contributed by atoms with Crippen LogP contribution in [0.2, 0.25) is 5.02 Å². The molecule has 1 aliphatic rings. The fourth-order valence-electron chi connectivity index (χ4n) is 4.01. The summed E-state index contributed by atoms with van der Waals surface area (Å²) in [4.78, 5) is 0. The summed E-state index contributed by atoms with van der Waals surface area (Å²) in [7, 11) is 0. The second-order valence-electron chi connectivity index (χ2n) is 8.00. The highest BCUT2D eigenvalue weighted by atomic mass is 35.5. The van der Waals surface area contributed by atoms with Crippen LogP contribution in [0.5, 0.6) is 0 Å². The van der Waals surface area contributed by atoms with Gasteiger partial charge < -0.3 is 25.2 Å². The van der Waals surface area contributed by atoms with E-state index in [1.807, 2.05) is 6.92 Å². The highest BCUT2D eigenvalue weighted by molar-refractivity contribution is 6.31. The number of ether oxygens (including phenoxy) is 1. The topological polar surface area (TPSA) is 90.2 Å². The van der Waals surface area contributed by atoms with E-state index < -0.39 is 55.6 Å². The lowest BCUT2D eigenvalue weighted by Gasteiger charge is -2.40. The van der Waals surface area contributed by atoms with Crippen molar-refractivity contribution in [1.82, 2.24) is 0 Å². The second kappa shape index (κ2) is 10.1. The number of rotatable bonds is 6. The fraction of sp³-hybridized carbons (Fsp3) is 0.478. The highest BCUT2D eigenvalue weighted by Crippen LogP contribution is 2.41. The Bertz CT molecular complexity index is 903. The molecule has 0 radical (unpaired) electrons. The van der Waals surface area contributed by atoms with Gasteiger partial charge in [0.2, 0.25) is 0 Å². The van der Waals surface area contributed by atoms with Gasteiger partial charge in [0.05, 0.1) is 13.0 Å². The van der Waals surface area contributed by atoms with E-state index in [1.165, 1.54) is 18.2 Å². The molecule has 0 amide bonds. The van der Waals surface area contributed by atoms with Crippen LogP contribution in [0.4, 0.5) is 13.2 Å². The Morgan fingerprint density at radius 2 is 1.66 bits per heavy atom. The van der Waals surface area contributed by atoms with Gasteiger partial charge in [0.1, 0.15) is 30.5 Å². The standard InChI is InChI=1S/C23H26ClF3O5/c1-2-12-3-5-13(6-4-12)16(10-23(25,26)27)15-9-14(7-8-17(15)24)22-21(31)20(30)19(29)18(11-28)32-22/h3-9,16,18-22,28-31H,2,10-11H2,1H3/t16-,18+,19+,20-,21+,22-/m0/s1. The molecule has 0 aromatic heterocycles. The maximum absolute atomic E-state index is 13.5. The van der Waals surface area contributed by atoms with Crippen molar-refractivity contribution in [2.75, 3.05) is 6.61 Å². The summed E-state index contributed by atoms with van der Waals surface area (Å²) >= 11 is 6.31. The van der Waals surface area contributed by atoms with E-state index in [0.29, 0.717) is 5.56 Å². The Hall–Kier alpha value is -1.68. The molecule has 6 atom stereocenters. The molecule has 2 aromatic carbocycles. The molecule has 0 bridgehead atoms. The third-order valence-electron chi connectivity index (χ3n) is 5.84. The second-order valence-corrected chi connectivity index (χ2v) is 8.40. The van der Waals surface area contributed by atoms with Gasteiger partial charge in [-0.1, -0.05) is 54.9 Å². The van der Waals surface area contributed by atoms with E-state index in [0.717, 1.165) is 12.0 Å². The molecule has 9 heteroatoms. The third-order valence-corrected chi connectivity index (χ3v) is 6.19. The quantitative estimate of drug-likeness (QED) is 0.514. The van der Waals surface area contributed by atoms with Crippen molar-refractivity contribution in [3.05, 3.63) is 69.7 Å². The molecular weight excluding hydrogens is 449 g/mol. The Kier molecular flexibility index (Phi) is 7.85. The first-order valence-corrected chi connectivity index (χ1v) is 10.7. The number of halogens is 4. The zero-order valence-corrected chi connectivity index (χ0v) is 18.1. The minimum atomic E-state index is -4.46. The SMILES string of the molecule is CCc1ccc([C@H](CC(F)(F)F)c2cc([C@@H]3O[C@H](CO)[C@@H](O)[C@H](O)[C@H]3O)ccc2Cl)cc1. The average Bonchev–Trinajstić information content (AvgIpc) is 2.76. The molecule has 176 valence electrons. The van der Waals surface area contributed by atoms with Gasteiger partial charge in [-0.25, -0.2) is 0 Å². The van der Waals surface area contributed by atoms with Gasteiger partial charge in [-0.05, 0) is 34.7 Å². The van der Waals surface area contributed by atoms with Crippen LogP contribution in [0.15, 0.2) is 42.5 Å². The van der Waals surface area contributed by atoms with Gasteiger partial charge in [-0.3, -0.25) is 0 Å². The number of hydrogen-bond acceptors (Lipinski definition) is 5. The van der Waals surface area contributed by atoms with E-state index in [1.54, 1.807) is 24.3 Å². The smallest absolute Gasteiger partial charge is 0.390 e. The van der Waals surface area contributed by atoms with Crippen LogP contribution in [0.1, 0.15) is 47.6 Å². The number of hydrogen-bond donors (Lipinski definition) is 4. The Morgan fingerprint density at radius 1 is 1.00 bits per heavy atom. The van der Waals surface area contributed by atoms with Crippen LogP contribution in [0.3, 0.4) is 0 Å². The summed E-state index contributed by atoms with van der Waals surface area (Å²) in [5.41, 5.74) is 1.90. The van der Waals surface area contributed by atoms with E-state index in [2.05, 4.69) is 0 Å². The van der Waals surface area contributed by atoms with Crippen molar-refractivity contribution >= 4 is 11.6 Å². The van der Waals surface area contributed by atoms with Crippen LogP contribution in [0.25, 0.3) is 0 Å². The van der Waals surface area contributed by atoms with E-state index in [-0.39, 0.29) is 16.1 Å². The predicted octanol–water partition coefficient (Wildman–Crippen LogP) is 3.50. The molecule has 5 nitrogen and oxygen atoms in total. The molecule has 0 spiro atoms. The molecule has 4 N–H and O–H groups in total. The van der Waals surface area contributed by atoms with E-state index >= 15 is 0 Å². The number of aryl methyl sites for hydroxylation is 1. The summed E-state index contributed by atoms with van der Waals surface area (Å²) in [5, 5.41) is 40.0. The van der Waals surface area contributed by atoms with Gasteiger partial charge in [-0.15, -0.1) is 0 Å². The van der Waals surface area contributed by atoms with Crippen LogP contribution >= 0.6 is 11.6 Å². The average molecular weight is 475 g/mol. The van der Waals surface area contributed by atoms with Crippen molar-refractivity contribution in [1.29, 1.82) is 0 Å². The summed E-state index contributed by atoms with van der Waals surface area (Å²) in [6.45, 7) is 1.34. The van der Waals surface area contributed by atoms with Crippen LogP contribution in [-0.2, 0) is 11.2 Å². The predicted molar refractivity (Wildman–Crippen MR) is 113 cm³/mol. The van der Waals surface area contributed by atoms with Crippen molar-refractivity contribution in [2.24, 2.45) is 0 Å². The summed E-state index contributed by atoms with van der Waals surface area (Å²) in [6, 6.07) is 11.1. The maximum atomic E-state index is 13.5. The first-order chi connectivity index (χ1) is 15.1. The Labute approximate surface area is 189 Å². The summed E-state index contributed by atoms with van der Waals surface area (Å²) in [5.74, 6) is -1.10. The summed E-state index contributed by atoms with van der Waals surface area (Å²) in [6.07, 6.45) is -11.8. The summed E-state index contributed by atoms with van der Waals surface area (Å²) < 4.78 is 46.0. The molecular formula is C23H26ClF3O5. The highest BCUT2D eigenvalue weighted by Gasteiger charge is 2.44. The largest absolute Gasteiger partial charge is 0.394 e. The maximum Gasteiger partial charge on any atom is 0.390 e. The number of aliphatic hydroxyl groups is 4. The molecule has 32 heavy (non-hydrogen) atoms. The first-order valence-electron chi connectivity index (χ1n) is 10.3. The Balaban J connectivity index is 2.03. The first kappa shape index (κ1) is 25.0. The zero-order valence-electron chi connectivity index (χ0n) is 17.3. The van der Waals surface area contributed by atoms with Gasteiger partial charge in [0.25, 0.3) is 0 Å². The Morgan fingerprint density at radius 3 is 2.22 bits per heavy atom. The van der Waals surface area contributed by atoms with E-state index in [9.17, 15) is 33.6 Å². The lowest BCUT2D eigenvalue weighted by atomic mass is 9.85. The fourth-order valence-corrected chi connectivity index (χ4v) is 4.26. The molecule has 1 fully saturated rings. The van der Waals surface area contributed by atoms with Crippen molar-refractivity contribution in [3.8, 4) is 0 Å². The lowest BCUT2D eigenvalue weighted by molar-refractivity contribution is -0.231. The molecule has 3 rings (SSSR count). The van der Waals surface area contributed by atoms with E-state index in [4.69, 9.17) is 16.3 Å². The van der Waals surface area contributed by atoms with Gasteiger partial charge in [-0.2, -0.15) is 13.2 Å². The molecule has 2 aromatic rings. The van der Waals surface area contributed by atoms with Crippen molar-refractivity contribution < 1.29 is 38.3 Å². The van der Waals surface area contributed by atoms with Gasteiger partial charge in [0.15, 0.2) is 0 Å². The number of aliphatic hydroxyl groups excluding tert-OH is 4. The monoisotopic (exact) mass is 474 g/mol. The van der Waals surface area contributed by atoms with Crippen LogP contribution < -0.4 is 0 Å². The molecule has 0 saturated carbocycles. The minimum Gasteiger partial charge on any atom is -0.394 e. The molecule has 1 saturated heterocycles. The number of alkyl halides is 3. The zero-order chi connectivity index (χ0) is 23.6. The molecule has 1 heterocycles.